The van der Waals surface area contributed by atoms with Crippen molar-refractivity contribution in [2.45, 2.75) is 26.0 Å². The number of aromatic nitrogens is 3. The van der Waals surface area contributed by atoms with Crippen LogP contribution in [0.25, 0.3) is 11.0 Å². The lowest BCUT2D eigenvalue weighted by Crippen LogP contribution is -2.26. The first-order valence-electron chi connectivity index (χ1n) is 4.77. The molecule has 0 saturated carbocycles. The summed E-state index contributed by atoms with van der Waals surface area (Å²) < 4.78 is 15.2. The van der Waals surface area contributed by atoms with E-state index in [-0.39, 0.29) is 12.4 Å². The molecule has 6 heteroatoms. The predicted octanol–water partition coefficient (Wildman–Crippen LogP) is 2.10. The van der Waals surface area contributed by atoms with E-state index in [9.17, 15) is 9.50 Å². The molecule has 0 radical (unpaired) electrons. The summed E-state index contributed by atoms with van der Waals surface area (Å²) in [6.07, 6.45) is 0. The molecular formula is C10H11BrFN3O. The van der Waals surface area contributed by atoms with Crippen molar-refractivity contribution in [3.63, 3.8) is 0 Å². The van der Waals surface area contributed by atoms with Gasteiger partial charge in [0, 0.05) is 6.07 Å². The van der Waals surface area contributed by atoms with E-state index in [1.165, 1.54) is 10.7 Å². The summed E-state index contributed by atoms with van der Waals surface area (Å²) in [5.74, 6) is -0.369. The van der Waals surface area contributed by atoms with Gasteiger partial charge >= 0.3 is 0 Å². The minimum Gasteiger partial charge on any atom is -0.389 e. The van der Waals surface area contributed by atoms with Crippen LogP contribution in [-0.2, 0) is 6.54 Å². The van der Waals surface area contributed by atoms with Crippen LogP contribution in [-0.4, -0.2) is 25.7 Å². The van der Waals surface area contributed by atoms with Gasteiger partial charge in [0.1, 0.15) is 11.3 Å². The largest absolute Gasteiger partial charge is 0.389 e. The van der Waals surface area contributed by atoms with Gasteiger partial charge in [0.15, 0.2) is 0 Å². The molecule has 16 heavy (non-hydrogen) atoms. The van der Waals surface area contributed by atoms with Gasteiger partial charge in [0.05, 0.1) is 22.1 Å². The summed E-state index contributed by atoms with van der Waals surface area (Å²) in [5, 5.41) is 17.5. The minimum atomic E-state index is -0.913. The number of hydrogen-bond donors (Lipinski definition) is 1. The SMILES string of the molecule is CC(C)(O)Cn1nnc2cc(Br)c(F)cc21. The highest BCUT2D eigenvalue weighted by atomic mass is 79.9. The number of rotatable bonds is 2. The van der Waals surface area contributed by atoms with Crippen LogP contribution in [0.1, 0.15) is 13.8 Å². The zero-order valence-electron chi connectivity index (χ0n) is 8.91. The van der Waals surface area contributed by atoms with Crippen molar-refractivity contribution < 1.29 is 9.50 Å². The lowest BCUT2D eigenvalue weighted by molar-refractivity contribution is 0.0585. The Balaban J connectivity index is 2.52. The van der Waals surface area contributed by atoms with Gasteiger partial charge in [-0.2, -0.15) is 0 Å². The van der Waals surface area contributed by atoms with Crippen LogP contribution < -0.4 is 0 Å². The molecule has 0 aliphatic rings. The van der Waals surface area contributed by atoms with Gasteiger partial charge in [-0.3, -0.25) is 0 Å². The highest BCUT2D eigenvalue weighted by Crippen LogP contribution is 2.22. The molecule has 0 spiro atoms. The lowest BCUT2D eigenvalue weighted by atomic mass is 10.1. The fourth-order valence-electron chi connectivity index (χ4n) is 1.45. The maximum atomic E-state index is 13.4. The van der Waals surface area contributed by atoms with Gasteiger partial charge < -0.3 is 5.11 Å². The van der Waals surface area contributed by atoms with E-state index in [1.807, 2.05) is 0 Å². The zero-order chi connectivity index (χ0) is 11.9. The molecular weight excluding hydrogens is 277 g/mol. The van der Waals surface area contributed by atoms with Gasteiger partial charge in [-0.05, 0) is 35.8 Å². The van der Waals surface area contributed by atoms with Crippen molar-refractivity contribution in [2.75, 3.05) is 0 Å². The van der Waals surface area contributed by atoms with Crippen LogP contribution >= 0.6 is 15.9 Å². The van der Waals surface area contributed by atoms with Gasteiger partial charge in [-0.15, -0.1) is 5.10 Å². The van der Waals surface area contributed by atoms with E-state index in [0.717, 1.165) is 0 Å². The molecule has 86 valence electrons. The normalized spacial score (nSPS) is 12.3. The average molecular weight is 288 g/mol. The summed E-state index contributed by atoms with van der Waals surface area (Å²) in [5.41, 5.74) is 0.254. The van der Waals surface area contributed by atoms with E-state index >= 15 is 0 Å². The molecule has 1 aromatic heterocycles. The number of halogens is 2. The fourth-order valence-corrected chi connectivity index (χ4v) is 1.78. The summed E-state index contributed by atoms with van der Waals surface area (Å²) in [6, 6.07) is 2.92. The molecule has 0 fully saturated rings. The monoisotopic (exact) mass is 287 g/mol. The van der Waals surface area contributed by atoms with Crippen molar-refractivity contribution in [1.29, 1.82) is 0 Å². The third-order valence-corrected chi connectivity index (χ3v) is 2.70. The standard InChI is InChI=1S/C10H11BrFN3O/c1-10(2,16)5-15-9-4-7(12)6(11)3-8(9)13-14-15/h3-4,16H,5H2,1-2H3. The number of fused-ring (bicyclic) bond motifs is 1. The summed E-state index contributed by atoms with van der Waals surface area (Å²) in [4.78, 5) is 0. The Hall–Kier alpha value is -1.01. The predicted molar refractivity (Wildman–Crippen MR) is 61.5 cm³/mol. The summed E-state index contributed by atoms with van der Waals surface area (Å²) in [6.45, 7) is 3.59. The van der Waals surface area contributed by atoms with Crippen molar-refractivity contribution in [3.8, 4) is 0 Å². The van der Waals surface area contributed by atoms with Crippen LogP contribution in [0.4, 0.5) is 4.39 Å². The van der Waals surface area contributed by atoms with Crippen molar-refractivity contribution in [3.05, 3.63) is 22.4 Å². The molecule has 0 aliphatic heterocycles. The molecule has 2 rings (SSSR count). The Kier molecular flexibility index (Phi) is 2.71. The molecule has 0 aliphatic carbocycles. The molecule has 1 heterocycles. The second-order valence-electron chi connectivity index (χ2n) is 4.31. The summed E-state index contributed by atoms with van der Waals surface area (Å²) in [7, 11) is 0. The van der Waals surface area contributed by atoms with Crippen molar-refractivity contribution in [2.24, 2.45) is 0 Å². The maximum absolute atomic E-state index is 13.4. The molecule has 4 nitrogen and oxygen atoms in total. The quantitative estimate of drug-likeness (QED) is 0.920. The van der Waals surface area contributed by atoms with Gasteiger partial charge in [0.25, 0.3) is 0 Å². The van der Waals surface area contributed by atoms with Gasteiger partial charge in [0.2, 0.25) is 0 Å². The maximum Gasteiger partial charge on any atom is 0.139 e. The Bertz CT molecular complexity index is 533. The van der Waals surface area contributed by atoms with E-state index < -0.39 is 5.60 Å². The molecule has 1 aromatic carbocycles. The molecule has 0 amide bonds. The minimum absolute atomic E-state index is 0.268. The molecule has 0 bridgehead atoms. The Morgan fingerprint density at radius 3 is 2.81 bits per heavy atom. The molecule has 0 unspecified atom stereocenters. The van der Waals surface area contributed by atoms with Crippen LogP contribution in [0.3, 0.4) is 0 Å². The first kappa shape index (κ1) is 11.5. The van der Waals surface area contributed by atoms with E-state index in [0.29, 0.717) is 15.5 Å². The van der Waals surface area contributed by atoms with Crippen LogP contribution in [0.5, 0.6) is 0 Å². The Labute approximate surface area is 100 Å². The third kappa shape index (κ3) is 2.22. The second-order valence-corrected chi connectivity index (χ2v) is 5.17. The van der Waals surface area contributed by atoms with E-state index in [2.05, 4.69) is 26.2 Å². The van der Waals surface area contributed by atoms with Gasteiger partial charge in [-0.25, -0.2) is 9.07 Å². The van der Waals surface area contributed by atoms with Crippen molar-refractivity contribution in [1.82, 2.24) is 15.0 Å². The average Bonchev–Trinajstić information content (AvgIpc) is 2.47. The first-order valence-corrected chi connectivity index (χ1v) is 5.57. The smallest absolute Gasteiger partial charge is 0.139 e. The molecule has 0 saturated heterocycles. The van der Waals surface area contributed by atoms with E-state index in [1.54, 1.807) is 19.9 Å². The van der Waals surface area contributed by atoms with Crippen LogP contribution in [0.2, 0.25) is 0 Å². The topological polar surface area (TPSA) is 50.9 Å². The Morgan fingerprint density at radius 1 is 1.50 bits per heavy atom. The van der Waals surface area contributed by atoms with Gasteiger partial charge in [-0.1, -0.05) is 5.21 Å². The summed E-state index contributed by atoms with van der Waals surface area (Å²) >= 11 is 3.09. The first-order chi connectivity index (χ1) is 7.37. The number of aliphatic hydroxyl groups is 1. The molecule has 2 aromatic rings. The second kappa shape index (κ2) is 3.78. The zero-order valence-corrected chi connectivity index (χ0v) is 10.5. The third-order valence-electron chi connectivity index (χ3n) is 2.09. The Morgan fingerprint density at radius 2 is 2.19 bits per heavy atom. The number of nitrogens with zero attached hydrogens (tertiary/aromatic N) is 3. The fraction of sp³-hybridized carbons (Fsp3) is 0.400. The van der Waals surface area contributed by atoms with E-state index in [4.69, 9.17) is 0 Å². The highest BCUT2D eigenvalue weighted by Gasteiger charge is 2.17. The molecule has 0 atom stereocenters. The molecule has 1 N–H and O–H groups in total. The highest BCUT2D eigenvalue weighted by molar-refractivity contribution is 9.10. The van der Waals surface area contributed by atoms with Crippen LogP contribution in [0.15, 0.2) is 16.6 Å². The number of benzene rings is 1. The van der Waals surface area contributed by atoms with Crippen molar-refractivity contribution >= 4 is 27.0 Å². The lowest BCUT2D eigenvalue weighted by Gasteiger charge is -2.16. The van der Waals surface area contributed by atoms with Crippen LogP contribution in [0, 0.1) is 5.82 Å². The number of hydrogen-bond acceptors (Lipinski definition) is 3.